The van der Waals surface area contributed by atoms with E-state index in [1.54, 1.807) is 25.1 Å². The molecule has 0 atom stereocenters. The number of nitrogens with two attached hydrogens (primary N) is 1. The third-order valence-corrected chi connectivity index (χ3v) is 3.23. The monoisotopic (exact) mass is 293 g/mol. The highest BCUT2D eigenvalue weighted by Gasteiger charge is 2.10. The van der Waals surface area contributed by atoms with Crippen molar-refractivity contribution >= 4 is 23.3 Å². The molecule has 20 heavy (non-hydrogen) atoms. The van der Waals surface area contributed by atoms with Crippen molar-refractivity contribution in [2.75, 3.05) is 5.73 Å². The van der Waals surface area contributed by atoms with Crippen LogP contribution in [0.4, 0.5) is 10.1 Å². The van der Waals surface area contributed by atoms with Crippen LogP contribution >= 0.6 is 11.6 Å². The standard InChI is InChI=1S/C15H13ClFNO2/c1-9-6-12(17)4-2-11(9)8-20-15(19)10-3-5-14(18)13(16)7-10/h2-7H,8,18H2,1H3. The zero-order chi connectivity index (χ0) is 14.7. The lowest BCUT2D eigenvalue weighted by molar-refractivity contribution is 0.0472. The number of anilines is 1. The van der Waals surface area contributed by atoms with Gasteiger partial charge in [0.2, 0.25) is 0 Å². The molecule has 5 heteroatoms. The van der Waals surface area contributed by atoms with Gasteiger partial charge in [-0.25, -0.2) is 9.18 Å². The Bertz CT molecular complexity index is 658. The molecule has 0 fully saturated rings. The molecule has 0 unspecified atom stereocenters. The molecule has 0 aromatic heterocycles. The Morgan fingerprint density at radius 3 is 2.70 bits per heavy atom. The molecule has 2 aromatic rings. The SMILES string of the molecule is Cc1cc(F)ccc1COC(=O)c1ccc(N)c(Cl)c1. The quantitative estimate of drug-likeness (QED) is 0.693. The van der Waals surface area contributed by atoms with Crippen molar-refractivity contribution in [3.63, 3.8) is 0 Å². The van der Waals surface area contributed by atoms with E-state index in [1.165, 1.54) is 18.2 Å². The van der Waals surface area contributed by atoms with Crippen LogP contribution in [0.1, 0.15) is 21.5 Å². The smallest absolute Gasteiger partial charge is 0.338 e. The molecule has 2 aromatic carbocycles. The largest absolute Gasteiger partial charge is 0.457 e. The number of halogens is 2. The molecular weight excluding hydrogens is 281 g/mol. The summed E-state index contributed by atoms with van der Waals surface area (Å²) in [6.45, 7) is 1.83. The van der Waals surface area contributed by atoms with Gasteiger partial charge in [0.05, 0.1) is 16.3 Å². The van der Waals surface area contributed by atoms with E-state index in [1.807, 2.05) is 0 Å². The number of carbonyl (C=O) groups excluding carboxylic acids is 1. The maximum atomic E-state index is 13.0. The summed E-state index contributed by atoms with van der Waals surface area (Å²) >= 11 is 5.84. The second-order valence-corrected chi connectivity index (χ2v) is 4.79. The minimum atomic E-state index is -0.504. The van der Waals surface area contributed by atoms with E-state index in [9.17, 15) is 9.18 Å². The maximum Gasteiger partial charge on any atom is 0.338 e. The molecule has 0 spiro atoms. The molecule has 2 rings (SSSR count). The van der Waals surface area contributed by atoms with Gasteiger partial charge in [0, 0.05) is 0 Å². The van der Waals surface area contributed by atoms with Gasteiger partial charge in [-0.2, -0.15) is 0 Å². The predicted molar refractivity (Wildman–Crippen MR) is 76.1 cm³/mol. The van der Waals surface area contributed by atoms with Crippen LogP contribution in [0.15, 0.2) is 36.4 Å². The first-order valence-corrected chi connectivity index (χ1v) is 6.32. The van der Waals surface area contributed by atoms with E-state index in [0.29, 0.717) is 16.3 Å². The normalized spacial score (nSPS) is 10.3. The minimum Gasteiger partial charge on any atom is -0.457 e. The zero-order valence-corrected chi connectivity index (χ0v) is 11.6. The van der Waals surface area contributed by atoms with Crippen LogP contribution in [0.3, 0.4) is 0 Å². The van der Waals surface area contributed by atoms with Crippen LogP contribution in [-0.2, 0) is 11.3 Å². The molecule has 0 bridgehead atoms. The fourth-order valence-corrected chi connectivity index (χ4v) is 1.88. The van der Waals surface area contributed by atoms with E-state index >= 15 is 0 Å². The number of hydrogen-bond acceptors (Lipinski definition) is 3. The Morgan fingerprint density at radius 1 is 1.30 bits per heavy atom. The summed E-state index contributed by atoms with van der Waals surface area (Å²) in [6, 6.07) is 8.85. The minimum absolute atomic E-state index is 0.0763. The highest BCUT2D eigenvalue weighted by molar-refractivity contribution is 6.33. The van der Waals surface area contributed by atoms with Gasteiger partial charge in [-0.15, -0.1) is 0 Å². The second kappa shape index (κ2) is 5.92. The van der Waals surface area contributed by atoms with Gasteiger partial charge in [0.25, 0.3) is 0 Å². The summed E-state index contributed by atoms with van der Waals surface area (Å²) in [4.78, 5) is 11.9. The number of aryl methyl sites for hydroxylation is 1. The van der Waals surface area contributed by atoms with Crippen molar-refractivity contribution in [2.24, 2.45) is 0 Å². The van der Waals surface area contributed by atoms with Gasteiger partial charge in [-0.05, 0) is 48.4 Å². The topological polar surface area (TPSA) is 52.3 Å². The van der Waals surface area contributed by atoms with Crippen LogP contribution in [0.5, 0.6) is 0 Å². The lowest BCUT2D eigenvalue weighted by Gasteiger charge is -2.08. The van der Waals surface area contributed by atoms with Crippen molar-refractivity contribution in [1.82, 2.24) is 0 Å². The number of nitrogen functional groups attached to an aromatic ring is 1. The first-order valence-electron chi connectivity index (χ1n) is 5.94. The lowest BCUT2D eigenvalue weighted by Crippen LogP contribution is -2.06. The van der Waals surface area contributed by atoms with Crippen LogP contribution < -0.4 is 5.73 Å². The highest BCUT2D eigenvalue weighted by Crippen LogP contribution is 2.20. The number of hydrogen-bond donors (Lipinski definition) is 1. The predicted octanol–water partition coefficient (Wildman–Crippen LogP) is 3.73. The Morgan fingerprint density at radius 2 is 2.05 bits per heavy atom. The van der Waals surface area contributed by atoms with Crippen molar-refractivity contribution in [3.8, 4) is 0 Å². The Balaban J connectivity index is 2.06. The average molecular weight is 294 g/mol. The molecule has 3 nitrogen and oxygen atoms in total. The molecule has 0 heterocycles. The third kappa shape index (κ3) is 3.27. The Kier molecular flexibility index (Phi) is 4.25. The Labute approximate surface area is 121 Å². The zero-order valence-electron chi connectivity index (χ0n) is 10.8. The molecule has 104 valence electrons. The summed E-state index contributed by atoms with van der Waals surface area (Å²) < 4.78 is 18.1. The number of benzene rings is 2. The molecule has 0 amide bonds. The van der Waals surface area contributed by atoms with Gasteiger partial charge in [-0.3, -0.25) is 0 Å². The fourth-order valence-electron chi connectivity index (χ4n) is 1.70. The van der Waals surface area contributed by atoms with Gasteiger partial charge < -0.3 is 10.5 Å². The first kappa shape index (κ1) is 14.3. The van der Waals surface area contributed by atoms with Crippen molar-refractivity contribution in [1.29, 1.82) is 0 Å². The molecule has 0 saturated carbocycles. The lowest BCUT2D eigenvalue weighted by atomic mass is 10.1. The first-order chi connectivity index (χ1) is 9.47. The summed E-state index contributed by atoms with van der Waals surface area (Å²) in [5.41, 5.74) is 7.77. The molecule has 0 radical (unpaired) electrons. The summed E-state index contributed by atoms with van der Waals surface area (Å²) in [7, 11) is 0. The fraction of sp³-hybridized carbons (Fsp3) is 0.133. The molecule has 2 N–H and O–H groups in total. The van der Waals surface area contributed by atoms with Gasteiger partial charge >= 0.3 is 5.97 Å². The average Bonchev–Trinajstić information content (AvgIpc) is 2.40. The van der Waals surface area contributed by atoms with Crippen LogP contribution in [0.2, 0.25) is 5.02 Å². The molecular formula is C15H13ClFNO2. The van der Waals surface area contributed by atoms with E-state index in [2.05, 4.69) is 0 Å². The van der Waals surface area contributed by atoms with Gasteiger partial charge in [0.15, 0.2) is 0 Å². The van der Waals surface area contributed by atoms with Gasteiger partial charge in [0.1, 0.15) is 12.4 Å². The number of carbonyl (C=O) groups is 1. The van der Waals surface area contributed by atoms with Crippen molar-refractivity contribution in [2.45, 2.75) is 13.5 Å². The van der Waals surface area contributed by atoms with Gasteiger partial charge in [-0.1, -0.05) is 17.7 Å². The Hall–Kier alpha value is -2.07. The van der Waals surface area contributed by atoms with E-state index < -0.39 is 5.97 Å². The van der Waals surface area contributed by atoms with E-state index in [4.69, 9.17) is 22.1 Å². The highest BCUT2D eigenvalue weighted by atomic mass is 35.5. The van der Waals surface area contributed by atoms with Crippen molar-refractivity contribution < 1.29 is 13.9 Å². The maximum absolute atomic E-state index is 13.0. The molecule has 0 aliphatic rings. The van der Waals surface area contributed by atoms with E-state index in [-0.39, 0.29) is 12.4 Å². The summed E-state index contributed by atoms with van der Waals surface area (Å²) in [6.07, 6.45) is 0. The second-order valence-electron chi connectivity index (χ2n) is 4.38. The molecule has 0 saturated heterocycles. The number of esters is 1. The number of ether oxygens (including phenoxy) is 1. The van der Waals surface area contributed by atoms with E-state index in [0.717, 1.165) is 11.1 Å². The summed E-state index contributed by atoms with van der Waals surface area (Å²) in [5.74, 6) is -0.821. The molecule has 0 aliphatic heterocycles. The van der Waals surface area contributed by atoms with Crippen LogP contribution in [-0.4, -0.2) is 5.97 Å². The van der Waals surface area contributed by atoms with Crippen LogP contribution in [0.25, 0.3) is 0 Å². The molecule has 0 aliphatic carbocycles. The van der Waals surface area contributed by atoms with Crippen LogP contribution in [0, 0.1) is 12.7 Å². The summed E-state index contributed by atoms with van der Waals surface area (Å²) in [5, 5.41) is 0.303. The van der Waals surface area contributed by atoms with Crippen molar-refractivity contribution in [3.05, 3.63) is 63.9 Å². The third-order valence-electron chi connectivity index (χ3n) is 2.90. The number of rotatable bonds is 3.